The highest BCUT2D eigenvalue weighted by Crippen LogP contribution is 2.24. The van der Waals surface area contributed by atoms with E-state index in [1.165, 1.54) is 11.8 Å². The van der Waals surface area contributed by atoms with Crippen molar-refractivity contribution in [3.63, 3.8) is 0 Å². The van der Waals surface area contributed by atoms with Crippen LogP contribution in [0.4, 0.5) is 0 Å². The summed E-state index contributed by atoms with van der Waals surface area (Å²) >= 11 is 1.23. The molecular weight excluding hydrogens is 378 g/mol. The molecule has 0 saturated carbocycles. The van der Waals surface area contributed by atoms with E-state index in [-0.39, 0.29) is 30.1 Å². The number of nitrogens with one attached hydrogen (secondary N) is 1. The molecule has 6 nitrogen and oxygen atoms in total. The summed E-state index contributed by atoms with van der Waals surface area (Å²) in [4.78, 5) is 37.1. The van der Waals surface area contributed by atoms with Crippen molar-refractivity contribution >= 4 is 29.4 Å². The van der Waals surface area contributed by atoms with Crippen molar-refractivity contribution in [1.29, 1.82) is 0 Å². The zero-order valence-corrected chi connectivity index (χ0v) is 17.3. The molecule has 0 fully saturated rings. The number of ether oxygens (including phenoxy) is 1. The lowest BCUT2D eigenvalue weighted by Gasteiger charge is -2.16. The predicted octanol–water partition coefficient (Wildman–Crippen LogP) is 4.02. The lowest BCUT2D eigenvalue weighted by Crippen LogP contribution is -2.28. The van der Waals surface area contributed by atoms with Gasteiger partial charge in [-0.05, 0) is 31.2 Å². The molecule has 7 heteroatoms. The van der Waals surface area contributed by atoms with E-state index in [2.05, 4.69) is 5.32 Å². The monoisotopic (exact) mass is 403 g/mol. The fraction of sp³-hybridized carbons (Fsp3) is 0.381. The number of ketones is 1. The number of carbonyl (C=O) groups is 3. The van der Waals surface area contributed by atoms with E-state index >= 15 is 0 Å². The minimum absolute atomic E-state index is 0.135. The molecule has 2 aromatic rings. The lowest BCUT2D eigenvalue weighted by atomic mass is 9.91. The van der Waals surface area contributed by atoms with Gasteiger partial charge >= 0.3 is 5.97 Å². The van der Waals surface area contributed by atoms with Gasteiger partial charge in [0.25, 0.3) is 0 Å². The summed E-state index contributed by atoms with van der Waals surface area (Å²) in [6, 6.07) is 10.2. The third-order valence-corrected chi connectivity index (χ3v) is 5.06. The number of benzene rings is 1. The normalized spacial score (nSPS) is 12.3. The second-order valence-electron chi connectivity index (χ2n) is 7.34. The molecule has 0 radical (unpaired) electrons. The maximum absolute atomic E-state index is 12.4. The summed E-state index contributed by atoms with van der Waals surface area (Å²) in [5.74, 6) is -0.107. The van der Waals surface area contributed by atoms with Crippen molar-refractivity contribution < 1.29 is 23.5 Å². The first-order valence-corrected chi connectivity index (χ1v) is 9.92. The highest BCUT2D eigenvalue weighted by atomic mass is 32.2. The maximum Gasteiger partial charge on any atom is 0.339 e. The standard InChI is InChI=1S/C21H25NO5S/c1-14(16-9-7-11-26-16)22-19(24)13-28-17-10-6-5-8-15(17)20(25)27-12-18(23)21(2,3)4/h5-11,14H,12-13H2,1-4H3,(H,22,24)/t14-/m0/s1. The fourth-order valence-electron chi connectivity index (χ4n) is 2.22. The van der Waals surface area contributed by atoms with Crippen LogP contribution in [0.2, 0.25) is 0 Å². The predicted molar refractivity (Wildman–Crippen MR) is 107 cm³/mol. The van der Waals surface area contributed by atoms with Crippen LogP contribution in [0, 0.1) is 5.41 Å². The summed E-state index contributed by atoms with van der Waals surface area (Å²) in [5, 5.41) is 2.84. The Morgan fingerprint density at radius 3 is 2.50 bits per heavy atom. The third-order valence-electron chi connectivity index (χ3n) is 3.98. The minimum Gasteiger partial charge on any atom is -0.467 e. The Hall–Kier alpha value is -2.54. The van der Waals surface area contributed by atoms with Crippen molar-refractivity contribution in [1.82, 2.24) is 5.32 Å². The second kappa shape index (κ2) is 9.59. The van der Waals surface area contributed by atoms with E-state index in [1.54, 1.807) is 63.4 Å². The zero-order chi connectivity index (χ0) is 20.7. The van der Waals surface area contributed by atoms with Gasteiger partial charge in [0, 0.05) is 10.3 Å². The zero-order valence-electron chi connectivity index (χ0n) is 16.5. The van der Waals surface area contributed by atoms with Crippen LogP contribution in [0.3, 0.4) is 0 Å². The van der Waals surface area contributed by atoms with Gasteiger partial charge in [-0.2, -0.15) is 0 Å². The van der Waals surface area contributed by atoms with Gasteiger partial charge in [0.1, 0.15) is 5.76 Å². The molecule has 0 aliphatic rings. The van der Waals surface area contributed by atoms with Gasteiger partial charge in [0.15, 0.2) is 12.4 Å². The smallest absolute Gasteiger partial charge is 0.339 e. The van der Waals surface area contributed by atoms with Gasteiger partial charge in [-0.15, -0.1) is 11.8 Å². The quantitative estimate of drug-likeness (QED) is 0.529. The maximum atomic E-state index is 12.4. The lowest BCUT2D eigenvalue weighted by molar-refractivity contribution is -0.129. The molecule has 150 valence electrons. The summed E-state index contributed by atoms with van der Waals surface area (Å²) in [5.41, 5.74) is -0.238. The summed E-state index contributed by atoms with van der Waals surface area (Å²) in [6.07, 6.45) is 1.55. The summed E-state index contributed by atoms with van der Waals surface area (Å²) < 4.78 is 10.4. The number of hydrogen-bond donors (Lipinski definition) is 1. The molecule has 0 aliphatic heterocycles. The number of rotatable bonds is 8. The molecule has 0 aliphatic carbocycles. The van der Waals surface area contributed by atoms with Gasteiger partial charge in [0.05, 0.1) is 23.6 Å². The van der Waals surface area contributed by atoms with Crippen molar-refractivity contribution in [3.05, 3.63) is 54.0 Å². The van der Waals surface area contributed by atoms with Crippen LogP contribution in [-0.4, -0.2) is 30.0 Å². The van der Waals surface area contributed by atoms with Crippen LogP contribution in [0.5, 0.6) is 0 Å². The van der Waals surface area contributed by atoms with Crippen molar-refractivity contribution in [2.45, 2.75) is 38.6 Å². The number of Topliss-reactive ketones (excluding diaryl/α,β-unsaturated/α-hetero) is 1. The molecule has 28 heavy (non-hydrogen) atoms. The SMILES string of the molecule is C[C@H](NC(=O)CSc1ccccc1C(=O)OCC(=O)C(C)(C)C)c1ccco1. The van der Waals surface area contributed by atoms with E-state index < -0.39 is 11.4 Å². The number of hydrogen-bond acceptors (Lipinski definition) is 6. The number of thioether (sulfide) groups is 1. The van der Waals surface area contributed by atoms with E-state index in [0.29, 0.717) is 16.2 Å². The Labute approximate surface area is 169 Å². The Morgan fingerprint density at radius 2 is 1.86 bits per heavy atom. The van der Waals surface area contributed by atoms with Crippen LogP contribution in [0.15, 0.2) is 52.0 Å². The largest absolute Gasteiger partial charge is 0.467 e. The molecule has 1 amide bonds. The van der Waals surface area contributed by atoms with Crippen molar-refractivity contribution in [3.8, 4) is 0 Å². The first kappa shape index (κ1) is 21.8. The second-order valence-corrected chi connectivity index (χ2v) is 8.36. The van der Waals surface area contributed by atoms with Crippen LogP contribution in [0.25, 0.3) is 0 Å². The third kappa shape index (κ3) is 6.27. The van der Waals surface area contributed by atoms with Crippen LogP contribution < -0.4 is 5.32 Å². The Morgan fingerprint density at radius 1 is 1.14 bits per heavy atom. The molecule has 1 aromatic carbocycles. The number of furan rings is 1. The summed E-state index contributed by atoms with van der Waals surface area (Å²) in [6.45, 7) is 6.88. The average molecular weight is 404 g/mol. The molecule has 1 atom stereocenters. The molecular formula is C21H25NO5S. The molecule has 0 saturated heterocycles. The van der Waals surface area contributed by atoms with Crippen LogP contribution in [0.1, 0.15) is 49.9 Å². The van der Waals surface area contributed by atoms with Gasteiger partial charge < -0.3 is 14.5 Å². The number of amides is 1. The number of esters is 1. The van der Waals surface area contributed by atoms with E-state index in [4.69, 9.17) is 9.15 Å². The Kier molecular flexibility index (Phi) is 7.45. The molecule has 0 unspecified atom stereocenters. The topological polar surface area (TPSA) is 85.6 Å². The highest BCUT2D eigenvalue weighted by molar-refractivity contribution is 8.00. The fourth-order valence-corrected chi connectivity index (χ4v) is 3.07. The Bertz CT molecular complexity index is 824. The Balaban J connectivity index is 1.93. The van der Waals surface area contributed by atoms with E-state index in [0.717, 1.165) is 0 Å². The molecule has 0 spiro atoms. The molecule has 1 heterocycles. The minimum atomic E-state index is -0.579. The highest BCUT2D eigenvalue weighted by Gasteiger charge is 2.23. The van der Waals surface area contributed by atoms with Crippen molar-refractivity contribution in [2.75, 3.05) is 12.4 Å². The average Bonchev–Trinajstić information content (AvgIpc) is 3.18. The van der Waals surface area contributed by atoms with Crippen molar-refractivity contribution in [2.24, 2.45) is 5.41 Å². The molecule has 0 bridgehead atoms. The molecule has 1 aromatic heterocycles. The first-order valence-electron chi connectivity index (χ1n) is 8.93. The molecule has 2 rings (SSSR count). The van der Waals surface area contributed by atoms with Gasteiger partial charge in [-0.1, -0.05) is 32.9 Å². The van der Waals surface area contributed by atoms with Crippen LogP contribution in [-0.2, 0) is 14.3 Å². The summed E-state index contributed by atoms with van der Waals surface area (Å²) in [7, 11) is 0. The number of carbonyl (C=O) groups excluding carboxylic acids is 3. The van der Waals surface area contributed by atoms with Gasteiger partial charge in [0.2, 0.25) is 5.91 Å². The van der Waals surface area contributed by atoms with E-state index in [9.17, 15) is 14.4 Å². The first-order chi connectivity index (χ1) is 13.2. The van der Waals surface area contributed by atoms with E-state index in [1.807, 2.05) is 6.92 Å². The van der Waals surface area contributed by atoms with Gasteiger partial charge in [-0.25, -0.2) is 4.79 Å². The van der Waals surface area contributed by atoms with Crippen LogP contribution >= 0.6 is 11.8 Å². The molecule has 1 N–H and O–H groups in total. The van der Waals surface area contributed by atoms with Gasteiger partial charge in [-0.3, -0.25) is 9.59 Å².